The first-order valence-corrected chi connectivity index (χ1v) is 11.1. The average Bonchev–Trinajstić information content (AvgIpc) is 3.17. The van der Waals surface area contributed by atoms with Crippen LogP contribution in [0, 0.1) is 0 Å². The standard InChI is InChI=1S/C24H25N5O5/c25-12-2-3-16(30)14-34-17-8-6-15(7-9-17)27-28-20-5-1-4-18-19(20)13-29(24(18)33)21-10-11-22(31)26-23(21)32/h1,4-9,21H,2-3,10-14,25H2,(H,26,31,32). The summed E-state index contributed by atoms with van der Waals surface area (Å²) in [6, 6.07) is 11.3. The molecule has 1 fully saturated rings. The van der Waals surface area contributed by atoms with E-state index in [1.165, 1.54) is 4.90 Å². The minimum atomic E-state index is -0.683. The van der Waals surface area contributed by atoms with Gasteiger partial charge in [0.25, 0.3) is 5.91 Å². The molecule has 0 aliphatic carbocycles. The number of hydrogen-bond donors (Lipinski definition) is 2. The summed E-state index contributed by atoms with van der Waals surface area (Å²) in [6.07, 6.45) is 1.54. The van der Waals surface area contributed by atoms with Crippen molar-refractivity contribution in [2.24, 2.45) is 16.0 Å². The first-order valence-electron chi connectivity index (χ1n) is 11.1. The quantitative estimate of drug-likeness (QED) is 0.432. The summed E-state index contributed by atoms with van der Waals surface area (Å²) in [5.41, 5.74) is 7.68. The fraction of sp³-hybridized carbons (Fsp3) is 0.333. The molecule has 3 N–H and O–H groups in total. The molecule has 0 aromatic heterocycles. The second kappa shape index (κ2) is 10.3. The number of ketones is 1. The molecule has 1 atom stereocenters. The monoisotopic (exact) mass is 463 g/mol. The van der Waals surface area contributed by atoms with Crippen molar-refractivity contribution in [2.75, 3.05) is 13.2 Å². The fourth-order valence-electron chi connectivity index (χ4n) is 3.92. The number of imide groups is 1. The Kier molecular flexibility index (Phi) is 7.07. The Labute approximate surface area is 196 Å². The summed E-state index contributed by atoms with van der Waals surface area (Å²) in [5, 5.41) is 10.9. The topological polar surface area (TPSA) is 144 Å². The van der Waals surface area contributed by atoms with Crippen LogP contribution in [0.3, 0.4) is 0 Å². The van der Waals surface area contributed by atoms with Gasteiger partial charge in [-0.2, -0.15) is 10.2 Å². The molecule has 4 rings (SSSR count). The molecule has 2 heterocycles. The number of carbonyl (C=O) groups excluding carboxylic acids is 4. The summed E-state index contributed by atoms with van der Waals surface area (Å²) in [4.78, 5) is 49.8. The zero-order valence-corrected chi connectivity index (χ0v) is 18.5. The average molecular weight is 463 g/mol. The Hall–Kier alpha value is -3.92. The molecular formula is C24H25N5O5. The number of hydrogen-bond acceptors (Lipinski definition) is 8. The van der Waals surface area contributed by atoms with E-state index in [0.717, 1.165) is 0 Å². The summed E-state index contributed by atoms with van der Waals surface area (Å²) >= 11 is 0. The number of nitrogens with two attached hydrogens (primary N) is 1. The van der Waals surface area contributed by atoms with Crippen LogP contribution in [-0.2, 0) is 20.9 Å². The van der Waals surface area contributed by atoms with Gasteiger partial charge in [0.2, 0.25) is 11.8 Å². The highest BCUT2D eigenvalue weighted by molar-refractivity contribution is 6.06. The molecule has 0 bridgehead atoms. The molecule has 10 heteroatoms. The lowest BCUT2D eigenvalue weighted by Gasteiger charge is -2.29. The van der Waals surface area contributed by atoms with Crippen LogP contribution in [0.15, 0.2) is 52.7 Å². The maximum atomic E-state index is 12.9. The van der Waals surface area contributed by atoms with Crippen molar-refractivity contribution in [3.05, 3.63) is 53.6 Å². The highest BCUT2D eigenvalue weighted by Gasteiger charge is 2.39. The van der Waals surface area contributed by atoms with Crippen molar-refractivity contribution in [1.29, 1.82) is 0 Å². The van der Waals surface area contributed by atoms with Gasteiger partial charge in [-0.05, 0) is 55.8 Å². The van der Waals surface area contributed by atoms with E-state index in [9.17, 15) is 19.2 Å². The second-order valence-corrected chi connectivity index (χ2v) is 8.12. The second-order valence-electron chi connectivity index (χ2n) is 8.12. The van der Waals surface area contributed by atoms with Crippen molar-refractivity contribution < 1.29 is 23.9 Å². The van der Waals surface area contributed by atoms with E-state index in [-0.39, 0.29) is 37.2 Å². The van der Waals surface area contributed by atoms with Crippen LogP contribution >= 0.6 is 0 Å². The van der Waals surface area contributed by atoms with E-state index in [0.29, 0.717) is 54.1 Å². The lowest BCUT2D eigenvalue weighted by Crippen LogP contribution is -2.52. The largest absolute Gasteiger partial charge is 0.486 e. The van der Waals surface area contributed by atoms with E-state index >= 15 is 0 Å². The molecule has 2 aromatic carbocycles. The first kappa shape index (κ1) is 23.2. The van der Waals surface area contributed by atoms with E-state index < -0.39 is 11.9 Å². The van der Waals surface area contributed by atoms with Gasteiger partial charge in [-0.1, -0.05) is 6.07 Å². The van der Waals surface area contributed by atoms with Gasteiger partial charge >= 0.3 is 0 Å². The number of ether oxygens (including phenoxy) is 1. The highest BCUT2D eigenvalue weighted by Crippen LogP contribution is 2.34. The number of fused-ring (bicyclic) bond motifs is 1. The summed E-state index contributed by atoms with van der Waals surface area (Å²) in [5.74, 6) is -0.498. The summed E-state index contributed by atoms with van der Waals surface area (Å²) in [7, 11) is 0. The Morgan fingerprint density at radius 3 is 2.65 bits per heavy atom. The van der Waals surface area contributed by atoms with Gasteiger partial charge in [-0.15, -0.1) is 0 Å². The maximum absolute atomic E-state index is 12.9. The summed E-state index contributed by atoms with van der Waals surface area (Å²) < 4.78 is 5.48. The minimum Gasteiger partial charge on any atom is -0.486 e. The molecule has 0 saturated carbocycles. The predicted octanol–water partition coefficient (Wildman–Crippen LogP) is 2.55. The number of rotatable bonds is 9. The molecule has 3 amide bonds. The van der Waals surface area contributed by atoms with Crippen molar-refractivity contribution in [1.82, 2.24) is 10.2 Å². The third kappa shape index (κ3) is 5.18. The Balaban J connectivity index is 1.42. The SMILES string of the molecule is NCCCC(=O)COc1ccc(N=Nc2cccc3c2CN(C2CCC(=O)NC2=O)C3=O)cc1. The van der Waals surface area contributed by atoms with E-state index in [2.05, 4.69) is 15.5 Å². The molecule has 34 heavy (non-hydrogen) atoms. The Morgan fingerprint density at radius 2 is 1.91 bits per heavy atom. The van der Waals surface area contributed by atoms with Gasteiger partial charge in [0.15, 0.2) is 5.78 Å². The zero-order chi connectivity index (χ0) is 24.1. The first-order chi connectivity index (χ1) is 16.5. The molecule has 0 radical (unpaired) electrons. The smallest absolute Gasteiger partial charge is 0.255 e. The molecule has 176 valence electrons. The van der Waals surface area contributed by atoms with E-state index in [1.807, 2.05) is 0 Å². The third-order valence-corrected chi connectivity index (χ3v) is 5.73. The number of carbonyl (C=O) groups is 4. The van der Waals surface area contributed by atoms with E-state index in [1.54, 1.807) is 42.5 Å². The molecule has 2 aliphatic rings. The molecule has 0 spiro atoms. The van der Waals surface area contributed by atoms with Crippen LogP contribution in [0.25, 0.3) is 0 Å². The van der Waals surface area contributed by atoms with Gasteiger partial charge in [0, 0.05) is 30.5 Å². The number of azo groups is 1. The lowest BCUT2D eigenvalue weighted by molar-refractivity contribution is -0.137. The van der Waals surface area contributed by atoms with Gasteiger partial charge in [-0.3, -0.25) is 24.5 Å². The number of Topliss-reactive ketones (excluding diaryl/α,β-unsaturated/α-hetero) is 1. The molecule has 1 unspecified atom stereocenters. The van der Waals surface area contributed by atoms with Crippen LogP contribution in [0.5, 0.6) is 5.75 Å². The van der Waals surface area contributed by atoms with Gasteiger partial charge in [0.1, 0.15) is 18.4 Å². The van der Waals surface area contributed by atoms with Gasteiger partial charge in [-0.25, -0.2) is 0 Å². The van der Waals surface area contributed by atoms with Gasteiger partial charge in [0.05, 0.1) is 11.4 Å². The van der Waals surface area contributed by atoms with Crippen molar-refractivity contribution in [3.63, 3.8) is 0 Å². The molecular weight excluding hydrogens is 438 g/mol. The normalized spacial score (nSPS) is 17.7. The number of amides is 3. The van der Waals surface area contributed by atoms with Gasteiger partial charge < -0.3 is 15.4 Å². The van der Waals surface area contributed by atoms with E-state index in [4.69, 9.17) is 10.5 Å². The van der Waals surface area contributed by atoms with Crippen molar-refractivity contribution in [3.8, 4) is 5.75 Å². The fourth-order valence-corrected chi connectivity index (χ4v) is 3.92. The highest BCUT2D eigenvalue weighted by atomic mass is 16.5. The van der Waals surface area contributed by atoms with Crippen molar-refractivity contribution in [2.45, 2.75) is 38.3 Å². The minimum absolute atomic E-state index is 0.00524. The lowest BCUT2D eigenvalue weighted by atomic mass is 10.0. The van der Waals surface area contributed by atoms with Crippen molar-refractivity contribution >= 4 is 34.9 Å². The molecule has 2 aliphatic heterocycles. The maximum Gasteiger partial charge on any atom is 0.255 e. The zero-order valence-electron chi connectivity index (χ0n) is 18.5. The third-order valence-electron chi connectivity index (χ3n) is 5.73. The van der Waals surface area contributed by atoms with Crippen LogP contribution in [0.4, 0.5) is 11.4 Å². The Bertz CT molecular complexity index is 1140. The van der Waals surface area contributed by atoms with Crippen LogP contribution in [-0.4, -0.2) is 47.6 Å². The molecule has 10 nitrogen and oxygen atoms in total. The summed E-state index contributed by atoms with van der Waals surface area (Å²) in [6.45, 7) is 0.689. The number of piperidine rings is 1. The van der Waals surface area contributed by atoms with Crippen LogP contribution in [0.2, 0.25) is 0 Å². The predicted molar refractivity (Wildman–Crippen MR) is 122 cm³/mol. The molecule has 2 aromatic rings. The Morgan fingerprint density at radius 1 is 1.12 bits per heavy atom. The number of nitrogens with one attached hydrogen (secondary N) is 1. The van der Waals surface area contributed by atoms with Crippen LogP contribution in [0.1, 0.15) is 41.6 Å². The number of benzene rings is 2. The molecule has 1 saturated heterocycles. The van der Waals surface area contributed by atoms with Crippen LogP contribution < -0.4 is 15.8 Å². The number of nitrogens with zero attached hydrogens (tertiary/aromatic N) is 3.